The van der Waals surface area contributed by atoms with Crippen molar-refractivity contribution in [3.63, 3.8) is 0 Å². The molecule has 1 amide bonds. The van der Waals surface area contributed by atoms with Crippen molar-refractivity contribution in [2.24, 2.45) is 7.05 Å². The van der Waals surface area contributed by atoms with Crippen molar-refractivity contribution < 1.29 is 14.3 Å². The molecule has 1 N–H and O–H groups in total. The Hall–Kier alpha value is -2.70. The lowest BCUT2D eigenvalue weighted by Crippen LogP contribution is -2.16. The molecule has 104 valence electrons. The maximum absolute atomic E-state index is 12.0. The maximum atomic E-state index is 12.0. The SMILES string of the molecule is COC(=O)Cc1cccc(NC(=O)c2cncn2C)n1. The number of rotatable bonds is 4. The van der Waals surface area contributed by atoms with Gasteiger partial charge in [-0.1, -0.05) is 6.07 Å². The second-order valence-corrected chi connectivity index (χ2v) is 4.11. The Kier molecular flexibility index (Phi) is 4.09. The summed E-state index contributed by atoms with van der Waals surface area (Å²) in [4.78, 5) is 31.2. The Labute approximate surface area is 115 Å². The van der Waals surface area contributed by atoms with Gasteiger partial charge in [-0.2, -0.15) is 0 Å². The smallest absolute Gasteiger partial charge is 0.311 e. The minimum atomic E-state index is -0.382. The van der Waals surface area contributed by atoms with Gasteiger partial charge in [0.05, 0.1) is 31.7 Å². The molecule has 0 saturated carbocycles. The number of hydrogen-bond donors (Lipinski definition) is 1. The van der Waals surface area contributed by atoms with Gasteiger partial charge in [-0.3, -0.25) is 9.59 Å². The molecule has 0 radical (unpaired) electrons. The number of amides is 1. The van der Waals surface area contributed by atoms with Gasteiger partial charge in [-0.15, -0.1) is 0 Å². The van der Waals surface area contributed by atoms with Crippen molar-refractivity contribution in [2.45, 2.75) is 6.42 Å². The van der Waals surface area contributed by atoms with E-state index in [0.29, 0.717) is 17.2 Å². The van der Waals surface area contributed by atoms with Crippen molar-refractivity contribution in [1.29, 1.82) is 0 Å². The topological polar surface area (TPSA) is 86.1 Å². The summed E-state index contributed by atoms with van der Waals surface area (Å²) < 4.78 is 6.18. The summed E-state index contributed by atoms with van der Waals surface area (Å²) in [6.45, 7) is 0. The van der Waals surface area contributed by atoms with Crippen molar-refractivity contribution >= 4 is 17.7 Å². The molecular formula is C13H14N4O3. The molecule has 0 aromatic carbocycles. The molecule has 20 heavy (non-hydrogen) atoms. The van der Waals surface area contributed by atoms with Crippen LogP contribution in [0.5, 0.6) is 0 Å². The molecule has 0 aliphatic rings. The van der Waals surface area contributed by atoms with Crippen molar-refractivity contribution in [2.75, 3.05) is 12.4 Å². The molecule has 2 heterocycles. The summed E-state index contributed by atoms with van der Waals surface area (Å²) in [5, 5.41) is 2.65. The molecule has 7 nitrogen and oxygen atoms in total. The van der Waals surface area contributed by atoms with Crippen LogP contribution in [0, 0.1) is 0 Å². The van der Waals surface area contributed by atoms with Gasteiger partial charge in [0.1, 0.15) is 11.5 Å². The number of carbonyl (C=O) groups excluding carboxylic acids is 2. The molecule has 0 unspecified atom stereocenters. The fourth-order valence-corrected chi connectivity index (χ4v) is 1.62. The number of imidazole rings is 1. The second kappa shape index (κ2) is 5.96. The number of hydrogen-bond acceptors (Lipinski definition) is 5. The van der Waals surface area contributed by atoms with E-state index in [4.69, 9.17) is 0 Å². The fourth-order valence-electron chi connectivity index (χ4n) is 1.62. The van der Waals surface area contributed by atoms with Crippen LogP contribution >= 0.6 is 0 Å². The standard InChI is InChI=1S/C13H14N4O3/c1-17-8-14-7-10(17)13(19)16-11-5-3-4-9(15-11)6-12(18)20-2/h3-5,7-8H,6H2,1-2H3,(H,15,16,19). The highest BCUT2D eigenvalue weighted by atomic mass is 16.5. The molecule has 0 fully saturated rings. The lowest BCUT2D eigenvalue weighted by Gasteiger charge is -2.06. The zero-order valence-electron chi connectivity index (χ0n) is 11.2. The van der Waals surface area contributed by atoms with Crippen LogP contribution in [0.2, 0.25) is 0 Å². The third-order valence-electron chi connectivity index (χ3n) is 2.65. The zero-order chi connectivity index (χ0) is 14.5. The number of anilines is 1. The zero-order valence-corrected chi connectivity index (χ0v) is 11.2. The first-order valence-electron chi connectivity index (χ1n) is 5.90. The first-order chi connectivity index (χ1) is 9.60. The van der Waals surface area contributed by atoms with Crippen LogP contribution in [0.25, 0.3) is 0 Å². The van der Waals surface area contributed by atoms with Crippen LogP contribution in [0.3, 0.4) is 0 Å². The van der Waals surface area contributed by atoms with E-state index in [1.165, 1.54) is 19.6 Å². The van der Waals surface area contributed by atoms with Crippen LogP contribution in [0.4, 0.5) is 5.82 Å². The van der Waals surface area contributed by atoms with E-state index in [-0.39, 0.29) is 18.3 Å². The van der Waals surface area contributed by atoms with Crippen LogP contribution in [-0.2, 0) is 23.0 Å². The fraction of sp³-hybridized carbons (Fsp3) is 0.231. The Balaban J connectivity index is 2.10. The summed E-state index contributed by atoms with van der Waals surface area (Å²) in [5.41, 5.74) is 0.949. The number of methoxy groups -OCH3 is 1. The predicted molar refractivity (Wildman–Crippen MR) is 71.1 cm³/mol. The highest BCUT2D eigenvalue weighted by Crippen LogP contribution is 2.08. The van der Waals surface area contributed by atoms with E-state index < -0.39 is 0 Å². The van der Waals surface area contributed by atoms with Crippen molar-refractivity contribution in [1.82, 2.24) is 14.5 Å². The molecule has 0 aliphatic heterocycles. The molecular weight excluding hydrogens is 260 g/mol. The van der Waals surface area contributed by atoms with Gasteiger partial charge in [-0.25, -0.2) is 9.97 Å². The molecule has 0 atom stereocenters. The third kappa shape index (κ3) is 3.19. The minimum Gasteiger partial charge on any atom is -0.469 e. The number of aryl methyl sites for hydroxylation is 1. The molecule has 0 saturated heterocycles. The van der Waals surface area contributed by atoms with E-state index >= 15 is 0 Å². The van der Waals surface area contributed by atoms with Gasteiger partial charge in [0, 0.05) is 7.05 Å². The van der Waals surface area contributed by atoms with Gasteiger partial charge in [0.2, 0.25) is 0 Å². The van der Waals surface area contributed by atoms with Gasteiger partial charge < -0.3 is 14.6 Å². The molecule has 0 aliphatic carbocycles. The molecule has 0 spiro atoms. The Morgan fingerprint density at radius 2 is 2.20 bits per heavy atom. The van der Waals surface area contributed by atoms with E-state index in [2.05, 4.69) is 20.0 Å². The monoisotopic (exact) mass is 274 g/mol. The summed E-state index contributed by atoms with van der Waals surface area (Å²) >= 11 is 0. The Bertz CT molecular complexity index is 636. The normalized spacial score (nSPS) is 10.1. The van der Waals surface area contributed by atoms with Gasteiger partial charge in [-0.05, 0) is 12.1 Å². The summed E-state index contributed by atoms with van der Waals surface area (Å²) in [6, 6.07) is 5.05. The number of esters is 1. The van der Waals surface area contributed by atoms with E-state index in [0.717, 1.165) is 0 Å². The lowest BCUT2D eigenvalue weighted by atomic mass is 10.2. The first-order valence-corrected chi connectivity index (χ1v) is 5.90. The quantitative estimate of drug-likeness (QED) is 0.833. The van der Waals surface area contributed by atoms with E-state index in [9.17, 15) is 9.59 Å². The molecule has 2 aromatic rings. The number of aromatic nitrogens is 3. The average molecular weight is 274 g/mol. The number of nitrogens with zero attached hydrogens (tertiary/aromatic N) is 3. The average Bonchev–Trinajstić information content (AvgIpc) is 2.85. The number of pyridine rings is 1. The van der Waals surface area contributed by atoms with Crippen LogP contribution in [0.15, 0.2) is 30.7 Å². The Morgan fingerprint density at radius 3 is 2.85 bits per heavy atom. The molecule has 0 bridgehead atoms. The van der Waals surface area contributed by atoms with Crippen molar-refractivity contribution in [3.05, 3.63) is 42.1 Å². The van der Waals surface area contributed by atoms with Gasteiger partial charge >= 0.3 is 5.97 Å². The number of carbonyl (C=O) groups is 2. The van der Waals surface area contributed by atoms with E-state index in [1.807, 2.05) is 0 Å². The highest BCUT2D eigenvalue weighted by Gasteiger charge is 2.11. The minimum absolute atomic E-state index is 0.0614. The summed E-state index contributed by atoms with van der Waals surface area (Å²) in [7, 11) is 3.04. The van der Waals surface area contributed by atoms with Crippen LogP contribution < -0.4 is 5.32 Å². The largest absolute Gasteiger partial charge is 0.469 e. The number of ether oxygens (including phenoxy) is 1. The molecule has 2 rings (SSSR count). The van der Waals surface area contributed by atoms with Gasteiger partial charge in [0.15, 0.2) is 0 Å². The molecule has 2 aromatic heterocycles. The first kappa shape index (κ1) is 13.7. The third-order valence-corrected chi connectivity index (χ3v) is 2.65. The summed E-state index contributed by atoms with van der Waals surface area (Å²) in [6.07, 6.45) is 3.07. The van der Waals surface area contributed by atoms with Crippen LogP contribution in [-0.4, -0.2) is 33.5 Å². The maximum Gasteiger partial charge on any atom is 0.311 e. The van der Waals surface area contributed by atoms with Crippen LogP contribution in [0.1, 0.15) is 16.2 Å². The number of nitrogens with one attached hydrogen (secondary N) is 1. The van der Waals surface area contributed by atoms with Crippen molar-refractivity contribution in [3.8, 4) is 0 Å². The molecule has 7 heteroatoms. The summed E-state index contributed by atoms with van der Waals surface area (Å²) in [5.74, 6) is -0.321. The van der Waals surface area contributed by atoms with Gasteiger partial charge in [0.25, 0.3) is 5.91 Å². The lowest BCUT2D eigenvalue weighted by molar-refractivity contribution is -0.139. The van der Waals surface area contributed by atoms with E-state index in [1.54, 1.807) is 29.8 Å². The highest BCUT2D eigenvalue weighted by molar-refractivity contribution is 6.02. The Morgan fingerprint density at radius 1 is 1.40 bits per heavy atom. The second-order valence-electron chi connectivity index (χ2n) is 4.11. The predicted octanol–water partition coefficient (Wildman–Crippen LogP) is 0.783.